The van der Waals surface area contributed by atoms with Crippen molar-refractivity contribution >= 4 is 22.7 Å². The zero-order chi connectivity index (χ0) is 31.4. The van der Waals surface area contributed by atoms with Crippen LogP contribution in [0.4, 0.5) is 22.7 Å². The summed E-state index contributed by atoms with van der Waals surface area (Å²) in [7, 11) is 0. The fourth-order valence-corrected chi connectivity index (χ4v) is 4.78. The predicted octanol–water partition coefficient (Wildman–Crippen LogP) is 12.6. The molecule has 0 amide bonds. The largest absolute Gasteiger partial charge is 0.494 e. The third kappa shape index (κ3) is 13.1. The van der Waals surface area contributed by atoms with Crippen molar-refractivity contribution in [1.82, 2.24) is 0 Å². The van der Waals surface area contributed by atoms with E-state index in [-0.39, 0.29) is 0 Å². The monoisotopic (exact) mass is 604 g/mol. The van der Waals surface area contributed by atoms with Crippen LogP contribution in [-0.4, -0.2) is 13.2 Å². The van der Waals surface area contributed by atoms with E-state index in [4.69, 9.17) is 9.47 Å². The molecule has 0 unspecified atom stereocenters. The average molecular weight is 605 g/mol. The van der Waals surface area contributed by atoms with Crippen LogP contribution in [0.5, 0.6) is 11.5 Å². The number of unbranched alkanes of at least 4 members (excludes halogenated alkanes) is 6. The summed E-state index contributed by atoms with van der Waals surface area (Å²) in [6, 6.07) is 32.3. The molecule has 0 saturated heterocycles. The second-order valence-electron chi connectivity index (χ2n) is 11.4. The van der Waals surface area contributed by atoms with E-state index in [2.05, 4.69) is 58.6 Å². The molecule has 0 aromatic heterocycles. The third-order valence-corrected chi connectivity index (χ3v) is 7.57. The summed E-state index contributed by atoms with van der Waals surface area (Å²) in [5.41, 5.74) is 6.08. The zero-order valence-electron chi connectivity index (χ0n) is 27.0. The Labute approximate surface area is 269 Å². The zero-order valence-corrected chi connectivity index (χ0v) is 27.0. The molecular formula is C39H48N4O2. The lowest BCUT2D eigenvalue weighted by molar-refractivity contribution is 0.293. The molecule has 0 bridgehead atoms. The molecule has 0 radical (unpaired) electrons. The lowest BCUT2D eigenvalue weighted by Crippen LogP contribution is -1.99. The van der Waals surface area contributed by atoms with Crippen LogP contribution >= 0.6 is 0 Å². The first kappa shape index (κ1) is 33.6. The molecule has 0 aliphatic rings. The van der Waals surface area contributed by atoms with E-state index >= 15 is 0 Å². The van der Waals surface area contributed by atoms with Gasteiger partial charge in [0.25, 0.3) is 0 Å². The van der Waals surface area contributed by atoms with E-state index in [0.29, 0.717) is 0 Å². The second kappa shape index (κ2) is 19.9. The highest BCUT2D eigenvalue weighted by Crippen LogP contribution is 2.24. The summed E-state index contributed by atoms with van der Waals surface area (Å²) in [6.45, 7) is 5.86. The quantitative estimate of drug-likeness (QED) is 0.0744. The first-order valence-corrected chi connectivity index (χ1v) is 16.7. The van der Waals surface area contributed by atoms with Gasteiger partial charge in [0.2, 0.25) is 0 Å². The maximum Gasteiger partial charge on any atom is 0.119 e. The Morgan fingerprint density at radius 2 is 0.689 bits per heavy atom. The number of nitrogens with zero attached hydrogens (tertiary/aromatic N) is 4. The van der Waals surface area contributed by atoms with Crippen LogP contribution < -0.4 is 9.47 Å². The summed E-state index contributed by atoms with van der Waals surface area (Å²) in [6.07, 6.45) is 12.6. The minimum absolute atomic E-state index is 0.718. The van der Waals surface area contributed by atoms with Gasteiger partial charge in [-0.15, -0.1) is 0 Å². The van der Waals surface area contributed by atoms with Crippen LogP contribution in [0.1, 0.15) is 82.8 Å². The summed E-state index contributed by atoms with van der Waals surface area (Å²) in [5.74, 6) is 1.73. The van der Waals surface area contributed by atoms with Gasteiger partial charge in [-0.3, -0.25) is 0 Å². The maximum absolute atomic E-state index is 5.91. The van der Waals surface area contributed by atoms with Crippen molar-refractivity contribution in [1.29, 1.82) is 0 Å². The van der Waals surface area contributed by atoms with Crippen LogP contribution in [0.2, 0.25) is 0 Å². The van der Waals surface area contributed by atoms with Gasteiger partial charge in [-0.2, -0.15) is 20.5 Å². The molecule has 4 aromatic carbocycles. The Bertz CT molecular complexity index is 1300. The highest BCUT2D eigenvalue weighted by Gasteiger charge is 2.00. The molecule has 4 rings (SSSR count). The van der Waals surface area contributed by atoms with E-state index in [9.17, 15) is 0 Å². The lowest BCUT2D eigenvalue weighted by atomic mass is 10.1. The molecule has 6 nitrogen and oxygen atoms in total. The van der Waals surface area contributed by atoms with E-state index in [0.717, 1.165) is 86.0 Å². The van der Waals surface area contributed by atoms with Gasteiger partial charge in [-0.1, -0.05) is 70.2 Å². The van der Waals surface area contributed by atoms with E-state index < -0.39 is 0 Å². The molecule has 0 heterocycles. The summed E-state index contributed by atoms with van der Waals surface area (Å²) < 4.78 is 11.8. The van der Waals surface area contributed by atoms with Crippen molar-refractivity contribution in [2.75, 3.05) is 13.2 Å². The molecule has 0 aliphatic heterocycles. The highest BCUT2D eigenvalue weighted by molar-refractivity contribution is 5.44. The van der Waals surface area contributed by atoms with Gasteiger partial charge in [-0.25, -0.2) is 0 Å². The van der Waals surface area contributed by atoms with Gasteiger partial charge in [0.15, 0.2) is 0 Å². The lowest BCUT2D eigenvalue weighted by Gasteiger charge is -2.07. The van der Waals surface area contributed by atoms with Crippen LogP contribution in [0.25, 0.3) is 0 Å². The van der Waals surface area contributed by atoms with Crippen molar-refractivity contribution in [3.63, 3.8) is 0 Å². The standard InChI is InChI=1S/C39H48N4O2/c1-3-5-12-32-14-18-34(19-15-32)40-42-36-22-26-38(27-23-36)44-30-10-8-7-9-11-31-45-39-28-24-37(25-29-39)43-41-35-20-16-33(17-21-35)13-6-4-2/h14-29H,3-13,30-31H2,1-2H3. The number of rotatable bonds is 20. The number of azo groups is 2. The first-order valence-electron chi connectivity index (χ1n) is 16.7. The van der Waals surface area contributed by atoms with Gasteiger partial charge in [0.05, 0.1) is 36.0 Å². The van der Waals surface area contributed by atoms with Crippen LogP contribution in [0, 0.1) is 0 Å². The summed E-state index contributed by atoms with van der Waals surface area (Å²) in [4.78, 5) is 0. The van der Waals surface area contributed by atoms with Gasteiger partial charge in [-0.05, 0) is 122 Å². The predicted molar refractivity (Wildman–Crippen MR) is 185 cm³/mol. The molecule has 4 aromatic rings. The molecule has 236 valence electrons. The smallest absolute Gasteiger partial charge is 0.119 e. The molecular weight excluding hydrogens is 556 g/mol. The average Bonchev–Trinajstić information content (AvgIpc) is 3.09. The van der Waals surface area contributed by atoms with Crippen LogP contribution in [-0.2, 0) is 12.8 Å². The van der Waals surface area contributed by atoms with Crippen molar-refractivity contribution in [3.8, 4) is 11.5 Å². The van der Waals surface area contributed by atoms with Crippen molar-refractivity contribution in [3.05, 3.63) is 108 Å². The van der Waals surface area contributed by atoms with E-state index in [1.165, 1.54) is 43.2 Å². The fraction of sp³-hybridized carbons (Fsp3) is 0.385. The van der Waals surface area contributed by atoms with E-state index in [1.807, 2.05) is 72.8 Å². The first-order chi connectivity index (χ1) is 22.2. The Morgan fingerprint density at radius 3 is 1.02 bits per heavy atom. The Kier molecular flexibility index (Phi) is 14.8. The van der Waals surface area contributed by atoms with Crippen molar-refractivity contribution < 1.29 is 9.47 Å². The van der Waals surface area contributed by atoms with Gasteiger partial charge < -0.3 is 9.47 Å². The van der Waals surface area contributed by atoms with E-state index in [1.54, 1.807) is 0 Å². The minimum Gasteiger partial charge on any atom is -0.494 e. The minimum atomic E-state index is 0.718. The second-order valence-corrected chi connectivity index (χ2v) is 11.4. The van der Waals surface area contributed by atoms with Crippen LogP contribution in [0.3, 0.4) is 0 Å². The van der Waals surface area contributed by atoms with Crippen molar-refractivity contribution in [2.45, 2.75) is 84.5 Å². The summed E-state index contributed by atoms with van der Waals surface area (Å²) in [5, 5.41) is 17.4. The number of aryl methyl sites for hydroxylation is 2. The number of benzene rings is 4. The molecule has 0 atom stereocenters. The fourth-order valence-electron chi connectivity index (χ4n) is 4.78. The molecule has 0 N–H and O–H groups in total. The van der Waals surface area contributed by atoms with Crippen LogP contribution in [0.15, 0.2) is 118 Å². The Morgan fingerprint density at radius 1 is 0.378 bits per heavy atom. The van der Waals surface area contributed by atoms with Gasteiger partial charge >= 0.3 is 0 Å². The van der Waals surface area contributed by atoms with Gasteiger partial charge in [0, 0.05) is 0 Å². The molecule has 0 aliphatic carbocycles. The molecule has 6 heteroatoms. The highest BCUT2D eigenvalue weighted by atomic mass is 16.5. The van der Waals surface area contributed by atoms with Crippen molar-refractivity contribution in [2.24, 2.45) is 20.5 Å². The maximum atomic E-state index is 5.91. The Hall–Kier alpha value is -4.32. The molecule has 0 fully saturated rings. The van der Waals surface area contributed by atoms with Gasteiger partial charge in [0.1, 0.15) is 11.5 Å². The normalized spacial score (nSPS) is 11.4. The number of hydrogen-bond donors (Lipinski definition) is 0. The number of ether oxygens (including phenoxy) is 2. The molecule has 0 spiro atoms. The third-order valence-electron chi connectivity index (χ3n) is 7.57. The molecule has 0 saturated carbocycles. The molecule has 45 heavy (non-hydrogen) atoms. The topological polar surface area (TPSA) is 67.9 Å². The number of hydrogen-bond acceptors (Lipinski definition) is 6. The summed E-state index contributed by atoms with van der Waals surface area (Å²) >= 11 is 0. The SMILES string of the molecule is CCCCc1ccc(N=Nc2ccc(OCCCCCCCOc3ccc(N=Nc4ccc(CCCC)cc4)cc3)cc2)cc1. The Balaban J connectivity index is 1.03.